The van der Waals surface area contributed by atoms with Crippen LogP contribution in [0.3, 0.4) is 0 Å². The average molecular weight is 345 g/mol. The first-order chi connectivity index (χ1) is 11.8. The Hall–Kier alpha value is -3.22. The molecule has 3 aromatic carbocycles. The van der Waals surface area contributed by atoms with Gasteiger partial charge >= 0.3 is 12.2 Å². The predicted octanol–water partition coefficient (Wildman–Crippen LogP) is 5.08. The number of halogens is 3. The van der Waals surface area contributed by atoms with Gasteiger partial charge in [0.05, 0.1) is 22.6 Å². The van der Waals surface area contributed by atoms with E-state index in [1.807, 2.05) is 30.3 Å². The summed E-state index contributed by atoms with van der Waals surface area (Å²) < 4.78 is 37.9. The number of urea groups is 1. The number of nitrogens with one attached hydrogen (secondary N) is 2. The third-order valence-electron chi connectivity index (χ3n) is 3.66. The summed E-state index contributed by atoms with van der Waals surface area (Å²) in [6.45, 7) is 0. The highest BCUT2D eigenvalue weighted by Gasteiger charge is 2.30. The van der Waals surface area contributed by atoms with Crippen LogP contribution in [0.25, 0.3) is 10.8 Å². The van der Waals surface area contributed by atoms with Crippen molar-refractivity contribution < 1.29 is 18.0 Å². The van der Waals surface area contributed by atoms with E-state index in [0.29, 0.717) is 5.69 Å². The maximum Gasteiger partial charge on any atom is 0.416 e. The highest BCUT2D eigenvalue weighted by molar-refractivity contribution is 6.07. The average Bonchev–Trinajstić information content (AvgIpc) is 2.56. The summed E-state index contributed by atoms with van der Waals surface area (Å²) in [7, 11) is 0. The van der Waals surface area contributed by atoms with Crippen molar-refractivity contribution in [3.63, 3.8) is 0 Å². The predicted molar refractivity (Wildman–Crippen MR) is 92.4 cm³/mol. The molecule has 3 aromatic rings. The monoisotopic (exact) mass is 345 g/mol. The molecule has 0 saturated heterocycles. The van der Waals surface area contributed by atoms with Gasteiger partial charge in [-0.2, -0.15) is 13.2 Å². The molecule has 4 nitrogen and oxygen atoms in total. The van der Waals surface area contributed by atoms with Crippen molar-refractivity contribution in [2.75, 3.05) is 16.4 Å². The number of benzene rings is 3. The van der Waals surface area contributed by atoms with Gasteiger partial charge in [-0.3, -0.25) is 0 Å². The van der Waals surface area contributed by atoms with Gasteiger partial charge in [0.1, 0.15) is 0 Å². The number of carbonyl (C=O) groups excluding carboxylic acids is 1. The van der Waals surface area contributed by atoms with Gasteiger partial charge in [-0.1, -0.05) is 36.4 Å². The van der Waals surface area contributed by atoms with Gasteiger partial charge in [-0.15, -0.1) is 0 Å². The van der Waals surface area contributed by atoms with Crippen molar-refractivity contribution >= 4 is 33.9 Å². The minimum Gasteiger partial charge on any atom is -0.397 e. The highest BCUT2D eigenvalue weighted by atomic mass is 19.4. The van der Waals surface area contributed by atoms with Crippen LogP contribution in [-0.2, 0) is 6.18 Å². The maximum absolute atomic E-state index is 12.6. The first kappa shape index (κ1) is 16.6. The molecule has 2 amide bonds. The molecule has 0 aliphatic rings. The number of anilines is 3. The molecule has 0 saturated carbocycles. The van der Waals surface area contributed by atoms with Gasteiger partial charge in [0.25, 0.3) is 0 Å². The molecule has 0 heterocycles. The van der Waals surface area contributed by atoms with Crippen molar-refractivity contribution in [2.45, 2.75) is 6.18 Å². The Labute approximate surface area is 141 Å². The summed E-state index contributed by atoms with van der Waals surface area (Å²) in [4.78, 5) is 12.2. The van der Waals surface area contributed by atoms with E-state index in [4.69, 9.17) is 5.73 Å². The van der Waals surface area contributed by atoms with E-state index in [2.05, 4.69) is 10.6 Å². The second kappa shape index (κ2) is 6.35. The van der Waals surface area contributed by atoms with E-state index < -0.39 is 17.8 Å². The first-order valence-corrected chi connectivity index (χ1v) is 7.37. The van der Waals surface area contributed by atoms with Crippen molar-refractivity contribution in [1.29, 1.82) is 0 Å². The zero-order valence-electron chi connectivity index (χ0n) is 12.9. The number of amides is 2. The number of hydrogen-bond acceptors (Lipinski definition) is 2. The van der Waals surface area contributed by atoms with Gasteiger partial charge in [0.15, 0.2) is 0 Å². The topological polar surface area (TPSA) is 67.1 Å². The lowest BCUT2D eigenvalue weighted by Crippen LogP contribution is -2.20. The van der Waals surface area contributed by atoms with Gasteiger partial charge in [0, 0.05) is 5.39 Å². The van der Waals surface area contributed by atoms with Crippen LogP contribution in [0.15, 0.2) is 60.7 Å². The van der Waals surface area contributed by atoms with Crippen LogP contribution < -0.4 is 16.4 Å². The molecule has 0 unspecified atom stereocenters. The summed E-state index contributed by atoms with van der Waals surface area (Å²) in [5.41, 5.74) is 5.26. The zero-order chi connectivity index (χ0) is 18.0. The van der Waals surface area contributed by atoms with Gasteiger partial charge in [-0.25, -0.2) is 4.79 Å². The molecule has 0 bridgehead atoms. The largest absolute Gasteiger partial charge is 0.416 e. The van der Waals surface area contributed by atoms with E-state index in [0.717, 1.165) is 29.0 Å². The second-order valence-electron chi connectivity index (χ2n) is 5.41. The SMILES string of the molecule is Nc1cc(C(F)(F)F)ccc1NC(=O)Nc1cccc2ccccc12. The second-order valence-corrected chi connectivity index (χ2v) is 5.41. The lowest BCUT2D eigenvalue weighted by molar-refractivity contribution is -0.137. The Kier molecular flexibility index (Phi) is 4.22. The highest BCUT2D eigenvalue weighted by Crippen LogP contribution is 2.33. The molecule has 0 aliphatic carbocycles. The molecule has 0 aromatic heterocycles. The van der Waals surface area contributed by atoms with Crippen molar-refractivity contribution in [3.05, 3.63) is 66.2 Å². The van der Waals surface area contributed by atoms with Gasteiger partial charge in [-0.05, 0) is 29.7 Å². The van der Waals surface area contributed by atoms with Crippen LogP contribution in [0, 0.1) is 0 Å². The Morgan fingerprint density at radius 1 is 0.880 bits per heavy atom. The third kappa shape index (κ3) is 3.65. The number of fused-ring (bicyclic) bond motifs is 1. The molecule has 0 atom stereocenters. The van der Waals surface area contributed by atoms with E-state index in [-0.39, 0.29) is 11.4 Å². The van der Waals surface area contributed by atoms with E-state index >= 15 is 0 Å². The van der Waals surface area contributed by atoms with Crippen molar-refractivity contribution in [2.24, 2.45) is 0 Å². The Balaban J connectivity index is 1.79. The molecule has 0 spiro atoms. The summed E-state index contributed by atoms with van der Waals surface area (Å²) in [5.74, 6) is 0. The van der Waals surface area contributed by atoms with Crippen molar-refractivity contribution in [3.8, 4) is 0 Å². The Morgan fingerprint density at radius 3 is 2.28 bits per heavy atom. The quantitative estimate of drug-likeness (QED) is 0.567. The summed E-state index contributed by atoms with van der Waals surface area (Å²) in [6, 6.07) is 15.1. The number of nitrogens with two attached hydrogens (primary N) is 1. The fraction of sp³-hybridized carbons (Fsp3) is 0.0556. The molecule has 0 aliphatic heterocycles. The molecule has 0 radical (unpaired) electrons. The molecular formula is C18H14F3N3O. The first-order valence-electron chi connectivity index (χ1n) is 7.37. The number of alkyl halides is 3. The fourth-order valence-electron chi connectivity index (χ4n) is 2.46. The lowest BCUT2D eigenvalue weighted by atomic mass is 10.1. The van der Waals surface area contributed by atoms with Crippen LogP contribution in [0.5, 0.6) is 0 Å². The number of carbonyl (C=O) groups is 1. The van der Waals surface area contributed by atoms with Crippen LogP contribution in [0.2, 0.25) is 0 Å². The minimum atomic E-state index is -4.49. The molecule has 7 heteroatoms. The summed E-state index contributed by atoms with van der Waals surface area (Å²) in [5, 5.41) is 6.94. The minimum absolute atomic E-state index is 0.103. The molecule has 25 heavy (non-hydrogen) atoms. The van der Waals surface area contributed by atoms with E-state index in [1.54, 1.807) is 12.1 Å². The van der Waals surface area contributed by atoms with Crippen molar-refractivity contribution in [1.82, 2.24) is 0 Å². The van der Waals surface area contributed by atoms with E-state index in [9.17, 15) is 18.0 Å². The summed E-state index contributed by atoms with van der Waals surface area (Å²) >= 11 is 0. The standard InChI is InChI=1S/C18H14F3N3O/c19-18(20,21)12-8-9-16(14(22)10-12)24-17(25)23-15-7-3-5-11-4-1-2-6-13(11)15/h1-10H,22H2,(H2,23,24,25). The van der Waals surface area contributed by atoms with Gasteiger partial charge < -0.3 is 16.4 Å². The molecule has 4 N–H and O–H groups in total. The fourth-order valence-corrected chi connectivity index (χ4v) is 2.46. The van der Waals surface area contributed by atoms with Crippen LogP contribution in [-0.4, -0.2) is 6.03 Å². The van der Waals surface area contributed by atoms with Crippen LogP contribution in [0.1, 0.15) is 5.56 Å². The van der Waals surface area contributed by atoms with Gasteiger partial charge in [0.2, 0.25) is 0 Å². The summed E-state index contributed by atoms with van der Waals surface area (Å²) in [6.07, 6.45) is -4.49. The number of nitrogen functional groups attached to an aromatic ring is 1. The number of hydrogen-bond donors (Lipinski definition) is 3. The Bertz CT molecular complexity index is 933. The molecule has 3 rings (SSSR count). The normalized spacial score (nSPS) is 11.3. The lowest BCUT2D eigenvalue weighted by Gasteiger charge is -2.13. The number of rotatable bonds is 2. The zero-order valence-corrected chi connectivity index (χ0v) is 12.9. The van der Waals surface area contributed by atoms with Crippen LogP contribution in [0.4, 0.5) is 35.0 Å². The molecule has 128 valence electrons. The third-order valence-corrected chi connectivity index (χ3v) is 3.66. The van der Waals surface area contributed by atoms with Crippen LogP contribution >= 0.6 is 0 Å². The molecule has 0 fully saturated rings. The van der Waals surface area contributed by atoms with E-state index in [1.165, 1.54) is 0 Å². The Morgan fingerprint density at radius 2 is 1.56 bits per heavy atom. The molecular weight excluding hydrogens is 331 g/mol. The maximum atomic E-state index is 12.6. The smallest absolute Gasteiger partial charge is 0.397 e.